The maximum absolute atomic E-state index is 16.6. The lowest BCUT2D eigenvalue weighted by Crippen LogP contribution is -2.69. The summed E-state index contributed by atoms with van der Waals surface area (Å²) >= 11 is 0. The number of piperazine rings is 1. The molecule has 18 nitrogen and oxygen atoms in total. The van der Waals surface area contributed by atoms with Crippen molar-refractivity contribution >= 4 is 69.2 Å². The number of aromatic nitrogens is 2. The molecule has 73 heavy (non-hydrogen) atoms. The van der Waals surface area contributed by atoms with Gasteiger partial charge in [0.1, 0.15) is 51.5 Å². The summed E-state index contributed by atoms with van der Waals surface area (Å²) in [6.45, 7) is 4.84. The fourth-order valence-corrected chi connectivity index (χ4v) is 11.1. The molecule has 378 valence electrons. The highest BCUT2D eigenvalue weighted by molar-refractivity contribution is 6.17. The predicted molar refractivity (Wildman–Crippen MR) is 264 cm³/mol. The minimum absolute atomic E-state index is 0.154. The topological polar surface area (TPSA) is 208 Å². The first-order chi connectivity index (χ1) is 35.3. The minimum atomic E-state index is -1.21. The van der Waals surface area contributed by atoms with E-state index in [9.17, 15) is 33.2 Å². The fourth-order valence-electron chi connectivity index (χ4n) is 11.1. The molecule has 12 rings (SSSR count). The molecule has 8 heterocycles. The Balaban J connectivity index is 0.644. The van der Waals surface area contributed by atoms with Gasteiger partial charge in [-0.3, -0.25) is 48.9 Å². The number of benzene rings is 3. The van der Waals surface area contributed by atoms with E-state index < -0.39 is 40.8 Å². The molecule has 2 bridgehead atoms. The van der Waals surface area contributed by atoms with Gasteiger partial charge >= 0.3 is 0 Å². The number of rotatable bonds is 15. The predicted octanol–water partition coefficient (Wildman–Crippen LogP) is 5.83. The number of hydrogen-bond acceptors (Lipinski definition) is 13. The molecule has 3 aromatic carbocycles. The van der Waals surface area contributed by atoms with Crippen LogP contribution in [0.1, 0.15) is 67.3 Å². The van der Waals surface area contributed by atoms with Crippen LogP contribution in [0.25, 0.3) is 10.9 Å². The lowest BCUT2D eigenvalue weighted by atomic mass is 9.84. The van der Waals surface area contributed by atoms with Crippen molar-refractivity contribution in [1.82, 2.24) is 30.0 Å². The van der Waals surface area contributed by atoms with E-state index >= 15 is 4.39 Å². The van der Waals surface area contributed by atoms with Crippen LogP contribution < -0.4 is 35.6 Å². The number of imide groups is 1. The Labute approximate surface area is 418 Å². The molecule has 3 atom stereocenters. The molecule has 4 N–H and O–H groups in total. The highest BCUT2D eigenvalue weighted by Gasteiger charge is 2.56. The van der Waals surface area contributed by atoms with Gasteiger partial charge in [0, 0.05) is 99.9 Å². The van der Waals surface area contributed by atoms with Gasteiger partial charge in [-0.15, -0.1) is 0 Å². The Morgan fingerprint density at radius 3 is 2.22 bits per heavy atom. The van der Waals surface area contributed by atoms with Crippen LogP contribution in [0.3, 0.4) is 0 Å². The Hall–Kier alpha value is -7.58. The Morgan fingerprint density at radius 2 is 1.55 bits per heavy atom. The van der Waals surface area contributed by atoms with Crippen molar-refractivity contribution in [3.8, 4) is 17.2 Å². The average molecular weight is 997 g/mol. The molecule has 6 aliphatic heterocycles. The fraction of sp³-hybridized carbons (Fsp3) is 0.396. The van der Waals surface area contributed by atoms with Crippen molar-refractivity contribution in [3.63, 3.8) is 0 Å². The Bertz CT molecular complexity index is 3030. The number of amides is 6. The number of halogens is 2. The van der Waals surface area contributed by atoms with Crippen molar-refractivity contribution in [2.75, 3.05) is 67.2 Å². The van der Waals surface area contributed by atoms with Gasteiger partial charge in [0.25, 0.3) is 5.91 Å². The van der Waals surface area contributed by atoms with E-state index in [2.05, 4.69) is 41.0 Å². The molecule has 20 heteroatoms. The van der Waals surface area contributed by atoms with E-state index in [0.717, 1.165) is 38.9 Å². The standard InChI is InChI=1S/C53H54F2N10O8/c1-72-42-24-38-41(73-37-8-6-34(7-9-37)59-52(71)53(16-17-53)51(70)58-33-4-2-32(54)3-5-33)12-18-56-47(38)46(55)48(42)63-20-13-30(14-21-63)26-64-35-23-36(64)29-62(28-35)19-15-45(67)60-43-22-31-27-65(50(69)39(31)25-57-43)40-10-11-44(66)61-49(40)68/h2-9,12,18,22,24-25,30,35-36,40H,10-11,13-17,19-21,23,26-29H2,1H3,(H,58,70)(H,59,71)(H,57,60,67)(H,61,66,68). The minimum Gasteiger partial charge on any atom is -0.494 e. The number of nitrogens with one attached hydrogen (secondary N) is 4. The maximum atomic E-state index is 16.6. The molecule has 0 spiro atoms. The summed E-state index contributed by atoms with van der Waals surface area (Å²) in [6, 6.07) is 17.2. The molecule has 3 unspecified atom stereocenters. The molecule has 7 aliphatic rings. The van der Waals surface area contributed by atoms with Crippen LogP contribution in [-0.2, 0) is 30.5 Å². The second-order valence-electron chi connectivity index (χ2n) is 19.9. The zero-order valence-corrected chi connectivity index (χ0v) is 40.1. The van der Waals surface area contributed by atoms with E-state index in [4.69, 9.17) is 9.47 Å². The normalized spacial score (nSPS) is 21.5. The zero-order chi connectivity index (χ0) is 50.5. The molecule has 5 saturated heterocycles. The Morgan fingerprint density at radius 1 is 0.849 bits per heavy atom. The zero-order valence-electron chi connectivity index (χ0n) is 40.1. The van der Waals surface area contributed by atoms with E-state index in [1.54, 1.807) is 42.5 Å². The van der Waals surface area contributed by atoms with Gasteiger partial charge in [0.15, 0.2) is 5.82 Å². The van der Waals surface area contributed by atoms with Crippen molar-refractivity contribution in [3.05, 3.63) is 102 Å². The van der Waals surface area contributed by atoms with E-state index in [0.29, 0.717) is 114 Å². The van der Waals surface area contributed by atoms with Gasteiger partial charge in [-0.25, -0.2) is 13.8 Å². The first-order valence-corrected chi connectivity index (χ1v) is 24.8. The second kappa shape index (κ2) is 19.4. The molecule has 6 fully saturated rings. The Kier molecular flexibility index (Phi) is 12.7. The van der Waals surface area contributed by atoms with Crippen molar-refractivity contribution in [1.29, 1.82) is 0 Å². The third-order valence-electron chi connectivity index (χ3n) is 15.3. The monoisotopic (exact) mass is 996 g/mol. The maximum Gasteiger partial charge on any atom is 0.256 e. The number of nitrogens with zero attached hydrogens (tertiary/aromatic N) is 6. The van der Waals surface area contributed by atoms with Crippen molar-refractivity contribution in [2.45, 2.75) is 76.0 Å². The number of anilines is 4. The summed E-state index contributed by atoms with van der Waals surface area (Å²) in [4.78, 5) is 93.6. The summed E-state index contributed by atoms with van der Waals surface area (Å²) in [7, 11) is 1.52. The van der Waals surface area contributed by atoms with Crippen LogP contribution in [0.15, 0.2) is 79.1 Å². The molecule has 1 aliphatic carbocycles. The van der Waals surface area contributed by atoms with Crippen LogP contribution >= 0.6 is 0 Å². The summed E-state index contributed by atoms with van der Waals surface area (Å²) < 4.78 is 42.0. The highest BCUT2D eigenvalue weighted by atomic mass is 19.1. The molecule has 1 saturated carbocycles. The third kappa shape index (κ3) is 9.51. The van der Waals surface area contributed by atoms with E-state index in [-0.39, 0.29) is 42.6 Å². The largest absolute Gasteiger partial charge is 0.494 e. The van der Waals surface area contributed by atoms with Gasteiger partial charge in [0.05, 0.1) is 12.7 Å². The van der Waals surface area contributed by atoms with Crippen LogP contribution in [-0.4, -0.2) is 125 Å². The van der Waals surface area contributed by atoms with E-state index in [1.165, 1.54) is 48.7 Å². The highest BCUT2D eigenvalue weighted by Crippen LogP contribution is 2.48. The van der Waals surface area contributed by atoms with E-state index in [1.807, 2.05) is 4.90 Å². The third-order valence-corrected chi connectivity index (χ3v) is 15.3. The summed E-state index contributed by atoms with van der Waals surface area (Å²) in [5, 5.41) is 11.1. The summed E-state index contributed by atoms with van der Waals surface area (Å²) in [6.07, 6.45) is 7.35. The van der Waals surface area contributed by atoms with Crippen LogP contribution in [0.5, 0.6) is 17.2 Å². The molecule has 0 radical (unpaired) electrons. The lowest BCUT2D eigenvalue weighted by molar-refractivity contribution is -0.137. The van der Waals surface area contributed by atoms with Gasteiger partial charge < -0.3 is 35.2 Å². The van der Waals surface area contributed by atoms with Gasteiger partial charge in [-0.05, 0) is 117 Å². The number of fused-ring (bicyclic) bond motifs is 4. The second-order valence-corrected chi connectivity index (χ2v) is 19.9. The van der Waals surface area contributed by atoms with Gasteiger partial charge in [0.2, 0.25) is 29.5 Å². The lowest BCUT2D eigenvalue weighted by Gasteiger charge is -2.57. The number of hydrogen-bond donors (Lipinski definition) is 4. The molecular formula is C53H54F2N10O8. The van der Waals surface area contributed by atoms with Gasteiger partial charge in [-0.2, -0.15) is 0 Å². The van der Waals surface area contributed by atoms with Gasteiger partial charge in [-0.1, -0.05) is 0 Å². The number of carbonyl (C=O) groups excluding carboxylic acids is 6. The number of piperidine rings is 3. The van der Waals surface area contributed by atoms with Crippen molar-refractivity contribution < 1.29 is 47.0 Å². The quantitative estimate of drug-likeness (QED) is 0.0721. The molecule has 2 aromatic heterocycles. The number of pyridine rings is 2. The number of methoxy groups -OCH3 is 1. The van der Waals surface area contributed by atoms with Crippen molar-refractivity contribution in [2.24, 2.45) is 11.3 Å². The first-order valence-electron chi connectivity index (χ1n) is 24.8. The summed E-state index contributed by atoms with van der Waals surface area (Å²) in [5.41, 5.74) is 1.24. The number of ether oxygens (including phenoxy) is 2. The summed E-state index contributed by atoms with van der Waals surface area (Å²) in [5.74, 6) is -1.14. The smallest absolute Gasteiger partial charge is 0.256 e. The molecule has 5 aromatic rings. The first kappa shape index (κ1) is 47.7. The average Bonchev–Trinajstić information content (AvgIpc) is 4.15. The molecule has 6 amide bonds. The van der Waals surface area contributed by atoms with Crippen LogP contribution in [0.4, 0.5) is 31.7 Å². The van der Waals surface area contributed by atoms with Crippen LogP contribution in [0, 0.1) is 23.0 Å². The molecular weight excluding hydrogens is 943 g/mol. The SMILES string of the molecule is COc1cc2c(Oc3ccc(NC(=O)C4(C(=O)Nc5ccc(F)cc5)CC4)cc3)ccnc2c(F)c1N1CCC(CN2C3CC2CN(CCC(=O)Nc2cc4c(cn2)C(=O)N(C2CCC(=O)NC2=O)C4)C3)CC1. The van der Waals surface area contributed by atoms with Crippen LogP contribution in [0.2, 0.25) is 0 Å². The number of carbonyl (C=O) groups is 6.